The van der Waals surface area contributed by atoms with Crippen LogP contribution in [-0.4, -0.2) is 16.1 Å². The molecule has 5 nitrogen and oxygen atoms in total. The van der Waals surface area contributed by atoms with Crippen LogP contribution in [-0.2, 0) is 5.75 Å². The standard InChI is InChI=1S/C15H13N3O2S2/c1-10-12(7-8-20-10)13(19)16-14-17-18-15(22-14)21-9-11-5-3-2-4-6-11/h2-8H,9H2,1H3,(H,16,17,19). The monoisotopic (exact) mass is 331 g/mol. The van der Waals surface area contributed by atoms with Crippen LogP contribution in [0.3, 0.4) is 0 Å². The number of nitrogens with one attached hydrogen (secondary N) is 1. The molecule has 3 aromatic rings. The number of anilines is 1. The molecule has 0 fully saturated rings. The maximum Gasteiger partial charge on any atom is 0.261 e. The second-order valence-corrected chi connectivity index (χ2v) is 6.69. The molecular weight excluding hydrogens is 318 g/mol. The van der Waals surface area contributed by atoms with Gasteiger partial charge in [-0.1, -0.05) is 53.4 Å². The van der Waals surface area contributed by atoms with Crippen molar-refractivity contribution < 1.29 is 9.21 Å². The van der Waals surface area contributed by atoms with Crippen molar-refractivity contribution in [2.24, 2.45) is 0 Å². The number of hydrogen-bond acceptors (Lipinski definition) is 6. The van der Waals surface area contributed by atoms with Crippen LogP contribution in [0.5, 0.6) is 0 Å². The summed E-state index contributed by atoms with van der Waals surface area (Å²) in [4.78, 5) is 12.0. The lowest BCUT2D eigenvalue weighted by Crippen LogP contribution is -2.11. The smallest absolute Gasteiger partial charge is 0.261 e. The predicted octanol–water partition coefficient (Wildman–Crippen LogP) is 3.98. The van der Waals surface area contributed by atoms with Crippen LogP contribution < -0.4 is 5.32 Å². The Morgan fingerprint density at radius 3 is 2.82 bits per heavy atom. The van der Waals surface area contributed by atoms with Gasteiger partial charge in [0.05, 0.1) is 11.8 Å². The third-order valence-electron chi connectivity index (χ3n) is 2.94. The van der Waals surface area contributed by atoms with Gasteiger partial charge in [-0.3, -0.25) is 10.1 Å². The average Bonchev–Trinajstić information content (AvgIpc) is 3.15. The molecule has 1 amide bonds. The Bertz CT molecular complexity index is 768. The lowest BCUT2D eigenvalue weighted by molar-refractivity contribution is 0.102. The third-order valence-corrected chi connectivity index (χ3v) is 4.98. The number of carbonyl (C=O) groups excluding carboxylic acids is 1. The fourth-order valence-electron chi connectivity index (χ4n) is 1.82. The molecule has 0 radical (unpaired) electrons. The van der Waals surface area contributed by atoms with Crippen LogP contribution in [0.2, 0.25) is 0 Å². The summed E-state index contributed by atoms with van der Waals surface area (Å²) in [7, 11) is 0. The number of aromatic nitrogens is 2. The molecule has 0 atom stereocenters. The van der Waals surface area contributed by atoms with E-state index in [9.17, 15) is 4.79 Å². The molecule has 112 valence electrons. The summed E-state index contributed by atoms with van der Waals surface area (Å²) in [5.74, 6) is 1.17. The highest BCUT2D eigenvalue weighted by Crippen LogP contribution is 2.28. The van der Waals surface area contributed by atoms with Gasteiger partial charge in [-0.15, -0.1) is 10.2 Å². The minimum absolute atomic E-state index is 0.234. The Morgan fingerprint density at radius 2 is 2.09 bits per heavy atom. The maximum atomic E-state index is 12.0. The molecule has 22 heavy (non-hydrogen) atoms. The summed E-state index contributed by atoms with van der Waals surface area (Å²) in [6.45, 7) is 1.75. The molecule has 0 saturated heterocycles. The molecular formula is C15H13N3O2S2. The largest absolute Gasteiger partial charge is 0.469 e. The van der Waals surface area contributed by atoms with Gasteiger partial charge in [-0.25, -0.2) is 0 Å². The molecule has 0 saturated carbocycles. The van der Waals surface area contributed by atoms with Gasteiger partial charge in [0, 0.05) is 5.75 Å². The quantitative estimate of drug-likeness (QED) is 0.565. The maximum absolute atomic E-state index is 12.0. The molecule has 3 rings (SSSR count). The zero-order valence-corrected chi connectivity index (χ0v) is 13.4. The second-order valence-electron chi connectivity index (χ2n) is 4.49. The van der Waals surface area contributed by atoms with Gasteiger partial charge in [0.15, 0.2) is 4.34 Å². The summed E-state index contributed by atoms with van der Waals surface area (Å²) >= 11 is 2.96. The number of rotatable bonds is 5. The second kappa shape index (κ2) is 6.76. The van der Waals surface area contributed by atoms with Crippen molar-refractivity contribution in [2.75, 3.05) is 5.32 Å². The van der Waals surface area contributed by atoms with E-state index in [1.807, 2.05) is 18.2 Å². The molecule has 0 aliphatic carbocycles. The van der Waals surface area contributed by atoms with E-state index >= 15 is 0 Å². The zero-order chi connectivity index (χ0) is 15.4. The first-order chi connectivity index (χ1) is 10.7. The highest BCUT2D eigenvalue weighted by atomic mass is 32.2. The SMILES string of the molecule is Cc1occc1C(=O)Nc1nnc(SCc2ccccc2)s1. The topological polar surface area (TPSA) is 68.0 Å². The average molecular weight is 331 g/mol. The van der Waals surface area contributed by atoms with Crippen LogP contribution in [0.4, 0.5) is 5.13 Å². The lowest BCUT2D eigenvalue weighted by Gasteiger charge is -1.98. The minimum atomic E-state index is -0.234. The number of thioether (sulfide) groups is 1. The lowest BCUT2D eigenvalue weighted by atomic mass is 10.2. The normalized spacial score (nSPS) is 10.6. The third kappa shape index (κ3) is 3.55. The number of hydrogen-bond donors (Lipinski definition) is 1. The first-order valence-electron chi connectivity index (χ1n) is 6.58. The summed E-state index contributed by atoms with van der Waals surface area (Å²) in [6, 6.07) is 11.8. The van der Waals surface area contributed by atoms with Gasteiger partial charge >= 0.3 is 0 Å². The van der Waals surface area contributed by atoms with Crippen molar-refractivity contribution >= 4 is 34.1 Å². The number of amides is 1. The van der Waals surface area contributed by atoms with E-state index in [-0.39, 0.29) is 5.91 Å². The van der Waals surface area contributed by atoms with E-state index in [1.54, 1.807) is 24.8 Å². The summed E-state index contributed by atoms with van der Waals surface area (Å²) in [5.41, 5.74) is 1.73. The fraction of sp³-hybridized carbons (Fsp3) is 0.133. The van der Waals surface area contributed by atoms with Crippen LogP contribution >= 0.6 is 23.1 Å². The van der Waals surface area contributed by atoms with E-state index in [0.717, 1.165) is 10.1 Å². The van der Waals surface area contributed by atoms with Crippen LogP contribution in [0.15, 0.2) is 51.4 Å². The molecule has 0 unspecified atom stereocenters. The van der Waals surface area contributed by atoms with Crippen molar-refractivity contribution in [3.63, 3.8) is 0 Å². The number of benzene rings is 1. The molecule has 2 aromatic heterocycles. The van der Waals surface area contributed by atoms with Crippen LogP contribution in [0.1, 0.15) is 21.7 Å². The molecule has 0 aliphatic heterocycles. The molecule has 7 heteroatoms. The Labute approximate surface area is 135 Å². The van der Waals surface area contributed by atoms with E-state index in [0.29, 0.717) is 16.5 Å². The van der Waals surface area contributed by atoms with Gasteiger partial charge in [0.1, 0.15) is 5.76 Å². The van der Waals surface area contributed by atoms with Crippen molar-refractivity contribution in [3.05, 3.63) is 59.5 Å². The Morgan fingerprint density at radius 1 is 1.27 bits per heavy atom. The van der Waals surface area contributed by atoms with E-state index in [1.165, 1.54) is 23.2 Å². The van der Waals surface area contributed by atoms with Gasteiger partial charge in [-0.05, 0) is 18.6 Å². The van der Waals surface area contributed by atoms with Crippen LogP contribution in [0, 0.1) is 6.92 Å². The van der Waals surface area contributed by atoms with Gasteiger partial charge in [0.2, 0.25) is 5.13 Å². The number of aryl methyl sites for hydroxylation is 1. The minimum Gasteiger partial charge on any atom is -0.469 e. The van der Waals surface area contributed by atoms with Crippen molar-refractivity contribution in [2.45, 2.75) is 17.0 Å². The number of carbonyl (C=O) groups is 1. The number of furan rings is 1. The highest BCUT2D eigenvalue weighted by Gasteiger charge is 2.14. The summed E-state index contributed by atoms with van der Waals surface area (Å²) in [6.07, 6.45) is 1.49. The van der Waals surface area contributed by atoms with E-state index in [2.05, 4.69) is 27.6 Å². The first-order valence-corrected chi connectivity index (χ1v) is 8.38. The summed E-state index contributed by atoms with van der Waals surface area (Å²) < 4.78 is 5.94. The van der Waals surface area contributed by atoms with Gasteiger partial charge < -0.3 is 4.42 Å². The Balaban J connectivity index is 1.59. The Kier molecular flexibility index (Phi) is 4.55. The van der Waals surface area contributed by atoms with E-state index < -0.39 is 0 Å². The van der Waals surface area contributed by atoms with Gasteiger partial charge in [-0.2, -0.15) is 0 Å². The molecule has 2 heterocycles. The Hall–Kier alpha value is -2.12. The number of nitrogens with zero attached hydrogens (tertiary/aromatic N) is 2. The molecule has 1 N–H and O–H groups in total. The fourth-order valence-corrected chi connectivity index (χ4v) is 3.53. The predicted molar refractivity (Wildman–Crippen MR) is 87.3 cm³/mol. The van der Waals surface area contributed by atoms with Gasteiger partial charge in [0.25, 0.3) is 5.91 Å². The molecule has 0 bridgehead atoms. The van der Waals surface area contributed by atoms with Crippen molar-refractivity contribution in [1.29, 1.82) is 0 Å². The van der Waals surface area contributed by atoms with Crippen LogP contribution in [0.25, 0.3) is 0 Å². The molecule has 0 aliphatic rings. The van der Waals surface area contributed by atoms with E-state index in [4.69, 9.17) is 4.42 Å². The highest BCUT2D eigenvalue weighted by molar-refractivity contribution is 8.00. The molecule has 1 aromatic carbocycles. The molecule has 0 spiro atoms. The van der Waals surface area contributed by atoms with Crippen molar-refractivity contribution in [1.82, 2.24) is 10.2 Å². The first kappa shape index (κ1) is 14.8. The summed E-state index contributed by atoms with van der Waals surface area (Å²) in [5, 5.41) is 11.3. The zero-order valence-electron chi connectivity index (χ0n) is 11.8. The van der Waals surface area contributed by atoms with Crippen molar-refractivity contribution in [3.8, 4) is 0 Å².